The largest absolute Gasteiger partial charge is 0.457 e. The Labute approximate surface area is 231 Å². The standard InChI is InChI=1S/C33H36N4O2/c1-2-31(27-12-5-3-6-13-27)33(38)35-28-17-18-32(34-24-28)37-20-10-19-36(21-22-37)25-26-11-9-16-30(23-26)39-29-14-7-4-8-15-29/h3-9,11-18,23-24,31H,2,10,19-22,25H2,1H3,(H,35,38). The van der Waals surface area contributed by atoms with Crippen molar-refractivity contribution in [2.75, 3.05) is 36.4 Å². The summed E-state index contributed by atoms with van der Waals surface area (Å²) in [5.74, 6) is 2.48. The van der Waals surface area contributed by atoms with Gasteiger partial charge in [-0.3, -0.25) is 9.69 Å². The molecule has 6 nitrogen and oxygen atoms in total. The van der Waals surface area contributed by atoms with Crippen LogP contribution in [0, 0.1) is 0 Å². The summed E-state index contributed by atoms with van der Waals surface area (Å²) in [7, 11) is 0. The molecule has 0 aliphatic carbocycles. The van der Waals surface area contributed by atoms with Crippen LogP contribution >= 0.6 is 0 Å². The second-order valence-corrected chi connectivity index (χ2v) is 9.95. The molecule has 1 amide bonds. The van der Waals surface area contributed by atoms with Crippen LogP contribution in [0.15, 0.2) is 103 Å². The lowest BCUT2D eigenvalue weighted by atomic mass is 9.95. The second kappa shape index (κ2) is 13.1. The van der Waals surface area contributed by atoms with Gasteiger partial charge in [0.15, 0.2) is 0 Å². The maximum Gasteiger partial charge on any atom is 0.231 e. The van der Waals surface area contributed by atoms with Gasteiger partial charge in [-0.1, -0.05) is 67.6 Å². The molecule has 0 bridgehead atoms. The average Bonchev–Trinajstić information content (AvgIpc) is 3.21. The number of nitrogens with one attached hydrogen (secondary N) is 1. The highest BCUT2D eigenvalue weighted by atomic mass is 16.5. The highest BCUT2D eigenvalue weighted by Gasteiger charge is 2.20. The van der Waals surface area contributed by atoms with E-state index in [1.165, 1.54) is 5.56 Å². The molecule has 0 saturated carbocycles. The Balaban J connectivity index is 1.15. The summed E-state index contributed by atoms with van der Waals surface area (Å²) in [6.07, 6.45) is 3.58. The molecule has 1 saturated heterocycles. The van der Waals surface area contributed by atoms with Gasteiger partial charge in [-0.25, -0.2) is 4.98 Å². The smallest absolute Gasteiger partial charge is 0.231 e. The van der Waals surface area contributed by atoms with Crippen molar-refractivity contribution in [3.05, 3.63) is 114 Å². The van der Waals surface area contributed by atoms with Crippen LogP contribution < -0.4 is 15.0 Å². The first-order valence-corrected chi connectivity index (χ1v) is 13.8. The molecule has 0 spiro atoms. The first kappa shape index (κ1) is 26.4. The van der Waals surface area contributed by atoms with Gasteiger partial charge in [0.2, 0.25) is 5.91 Å². The number of hydrogen-bond acceptors (Lipinski definition) is 5. The molecule has 6 heteroatoms. The summed E-state index contributed by atoms with van der Waals surface area (Å²) in [4.78, 5) is 22.4. The number of anilines is 2. The van der Waals surface area contributed by atoms with Gasteiger partial charge < -0.3 is 15.0 Å². The molecule has 1 aliphatic rings. The van der Waals surface area contributed by atoms with Crippen molar-refractivity contribution in [3.8, 4) is 11.5 Å². The van der Waals surface area contributed by atoms with Gasteiger partial charge in [0.05, 0.1) is 17.8 Å². The minimum absolute atomic E-state index is 0.00176. The highest BCUT2D eigenvalue weighted by Crippen LogP contribution is 2.24. The lowest BCUT2D eigenvalue weighted by Crippen LogP contribution is -2.31. The zero-order valence-electron chi connectivity index (χ0n) is 22.5. The van der Waals surface area contributed by atoms with Crippen LogP contribution in [0.4, 0.5) is 11.5 Å². The topological polar surface area (TPSA) is 57.7 Å². The number of hydrogen-bond donors (Lipinski definition) is 1. The number of pyridine rings is 1. The molecule has 1 N–H and O–H groups in total. The molecule has 1 aliphatic heterocycles. The molecule has 3 aromatic carbocycles. The number of amides is 1. The van der Waals surface area contributed by atoms with Crippen molar-refractivity contribution in [3.63, 3.8) is 0 Å². The van der Waals surface area contributed by atoms with Crippen LogP contribution in [0.25, 0.3) is 0 Å². The Kier molecular flexibility index (Phi) is 8.86. The first-order chi connectivity index (χ1) is 19.2. The van der Waals surface area contributed by atoms with Crippen LogP contribution in [0.5, 0.6) is 11.5 Å². The molecule has 0 radical (unpaired) electrons. The second-order valence-electron chi connectivity index (χ2n) is 9.95. The third kappa shape index (κ3) is 7.24. The third-order valence-electron chi connectivity index (χ3n) is 7.14. The highest BCUT2D eigenvalue weighted by molar-refractivity contribution is 5.95. The van der Waals surface area contributed by atoms with Gasteiger partial charge in [0.25, 0.3) is 0 Å². The maximum absolute atomic E-state index is 12.9. The van der Waals surface area contributed by atoms with Crippen molar-refractivity contribution in [1.29, 1.82) is 0 Å². The van der Waals surface area contributed by atoms with Crippen molar-refractivity contribution < 1.29 is 9.53 Å². The van der Waals surface area contributed by atoms with Crippen LogP contribution in [0.3, 0.4) is 0 Å². The zero-order chi connectivity index (χ0) is 26.9. The molecule has 1 fully saturated rings. The Hall–Kier alpha value is -4.16. The summed E-state index contributed by atoms with van der Waals surface area (Å²) in [6, 6.07) is 32.1. The van der Waals surface area contributed by atoms with Gasteiger partial charge in [-0.15, -0.1) is 0 Å². The molecule has 4 aromatic rings. The van der Waals surface area contributed by atoms with E-state index in [4.69, 9.17) is 9.72 Å². The van der Waals surface area contributed by atoms with E-state index >= 15 is 0 Å². The van der Waals surface area contributed by atoms with Crippen molar-refractivity contribution in [2.24, 2.45) is 0 Å². The van der Waals surface area contributed by atoms with E-state index in [1.54, 1.807) is 6.20 Å². The quantitative estimate of drug-likeness (QED) is 0.266. The monoisotopic (exact) mass is 520 g/mol. The Morgan fingerprint density at radius 2 is 1.64 bits per heavy atom. The number of ether oxygens (including phenoxy) is 1. The van der Waals surface area contributed by atoms with Crippen molar-refractivity contribution in [1.82, 2.24) is 9.88 Å². The average molecular weight is 521 g/mol. The maximum atomic E-state index is 12.9. The molecular formula is C33H36N4O2. The van der Waals surface area contributed by atoms with E-state index < -0.39 is 0 Å². The van der Waals surface area contributed by atoms with Crippen LogP contribution in [0.1, 0.15) is 36.8 Å². The number of para-hydroxylation sites is 1. The molecule has 39 heavy (non-hydrogen) atoms. The van der Waals surface area contributed by atoms with Crippen LogP contribution in [-0.4, -0.2) is 42.0 Å². The van der Waals surface area contributed by atoms with Gasteiger partial charge >= 0.3 is 0 Å². The SMILES string of the molecule is CCC(C(=O)Nc1ccc(N2CCCN(Cc3cccc(Oc4ccccc4)c3)CC2)nc1)c1ccccc1. The van der Waals surface area contributed by atoms with E-state index in [0.29, 0.717) is 0 Å². The first-order valence-electron chi connectivity index (χ1n) is 13.8. The fourth-order valence-corrected chi connectivity index (χ4v) is 5.08. The van der Waals surface area contributed by atoms with Crippen LogP contribution in [0.2, 0.25) is 0 Å². The molecular weight excluding hydrogens is 484 g/mol. The van der Waals surface area contributed by atoms with Gasteiger partial charge in [0.1, 0.15) is 17.3 Å². The van der Waals surface area contributed by atoms with E-state index in [0.717, 1.165) is 74.1 Å². The fraction of sp³-hybridized carbons (Fsp3) is 0.273. The molecule has 1 aromatic heterocycles. The van der Waals surface area contributed by atoms with Gasteiger partial charge in [-0.05, 0) is 60.4 Å². The number of benzene rings is 3. The molecule has 200 valence electrons. The lowest BCUT2D eigenvalue weighted by molar-refractivity contribution is -0.117. The number of carbonyl (C=O) groups is 1. The number of carbonyl (C=O) groups excluding carboxylic acids is 1. The minimum atomic E-state index is -0.173. The summed E-state index contributed by atoms with van der Waals surface area (Å²) < 4.78 is 6.02. The number of rotatable bonds is 9. The summed E-state index contributed by atoms with van der Waals surface area (Å²) in [6.45, 7) is 6.78. The Morgan fingerprint density at radius 1 is 0.872 bits per heavy atom. The van der Waals surface area contributed by atoms with Crippen molar-refractivity contribution >= 4 is 17.4 Å². The predicted molar refractivity (Wildman–Crippen MR) is 157 cm³/mol. The molecule has 5 rings (SSSR count). The molecule has 1 atom stereocenters. The predicted octanol–water partition coefficient (Wildman–Crippen LogP) is 6.72. The zero-order valence-corrected chi connectivity index (χ0v) is 22.5. The third-order valence-corrected chi connectivity index (χ3v) is 7.14. The van der Waals surface area contributed by atoms with Gasteiger partial charge in [-0.2, -0.15) is 0 Å². The summed E-state index contributed by atoms with van der Waals surface area (Å²) in [5, 5.41) is 3.05. The van der Waals surface area contributed by atoms with Gasteiger partial charge in [0, 0.05) is 32.7 Å². The Bertz CT molecular complexity index is 1330. The normalized spacial score (nSPS) is 14.8. The lowest BCUT2D eigenvalue weighted by Gasteiger charge is -2.23. The minimum Gasteiger partial charge on any atom is -0.457 e. The Morgan fingerprint density at radius 3 is 2.38 bits per heavy atom. The van der Waals surface area contributed by atoms with Crippen LogP contribution in [-0.2, 0) is 11.3 Å². The molecule has 1 unspecified atom stereocenters. The fourth-order valence-electron chi connectivity index (χ4n) is 5.08. The number of aromatic nitrogens is 1. The van der Waals surface area contributed by atoms with E-state index in [1.807, 2.05) is 85.8 Å². The number of nitrogens with zero attached hydrogens (tertiary/aromatic N) is 3. The van der Waals surface area contributed by atoms with E-state index in [9.17, 15) is 4.79 Å². The van der Waals surface area contributed by atoms with E-state index in [-0.39, 0.29) is 11.8 Å². The summed E-state index contributed by atoms with van der Waals surface area (Å²) >= 11 is 0. The van der Waals surface area contributed by atoms with E-state index in [2.05, 4.69) is 33.3 Å². The summed E-state index contributed by atoms with van der Waals surface area (Å²) in [5.41, 5.74) is 3.01. The van der Waals surface area contributed by atoms with Crippen molar-refractivity contribution in [2.45, 2.75) is 32.2 Å². The molecule has 2 heterocycles.